The lowest BCUT2D eigenvalue weighted by Gasteiger charge is -2.09. The fraction of sp³-hybridized carbons (Fsp3) is 0.0952. The molecule has 0 saturated heterocycles. The molecule has 146 valence electrons. The van der Waals surface area contributed by atoms with Crippen molar-refractivity contribution in [2.45, 2.75) is 13.8 Å². The lowest BCUT2D eigenvalue weighted by atomic mass is 10.1. The van der Waals surface area contributed by atoms with Gasteiger partial charge in [-0.15, -0.1) is 0 Å². The van der Waals surface area contributed by atoms with E-state index in [1.54, 1.807) is 48.5 Å². The molecule has 0 fully saturated rings. The third-order valence-electron chi connectivity index (χ3n) is 3.87. The molecular formula is C21H19N5O3. The topological polar surface area (TPSA) is 113 Å². The van der Waals surface area contributed by atoms with E-state index in [1.165, 1.54) is 26.2 Å². The van der Waals surface area contributed by atoms with Crippen molar-refractivity contribution in [2.24, 2.45) is 0 Å². The monoisotopic (exact) mass is 389 g/mol. The molecule has 0 aliphatic heterocycles. The van der Waals surface area contributed by atoms with Gasteiger partial charge in [0.25, 0.3) is 5.91 Å². The highest BCUT2D eigenvalue weighted by atomic mass is 16.2. The molecule has 3 N–H and O–H groups in total. The predicted octanol–water partition coefficient (Wildman–Crippen LogP) is 3.63. The van der Waals surface area contributed by atoms with Crippen LogP contribution in [0.1, 0.15) is 34.7 Å². The van der Waals surface area contributed by atoms with Gasteiger partial charge in [0.05, 0.1) is 12.4 Å². The summed E-state index contributed by atoms with van der Waals surface area (Å²) in [5.74, 6) is -0.219. The number of ketones is 1. The van der Waals surface area contributed by atoms with Crippen LogP contribution in [0.3, 0.4) is 0 Å². The Morgan fingerprint density at radius 2 is 1.48 bits per heavy atom. The van der Waals surface area contributed by atoms with E-state index in [4.69, 9.17) is 0 Å². The first-order chi connectivity index (χ1) is 13.9. The average molecular weight is 389 g/mol. The van der Waals surface area contributed by atoms with Crippen molar-refractivity contribution >= 4 is 40.5 Å². The average Bonchev–Trinajstić information content (AvgIpc) is 2.68. The number of benzene rings is 2. The highest BCUT2D eigenvalue weighted by molar-refractivity contribution is 6.03. The van der Waals surface area contributed by atoms with Crippen LogP contribution in [0, 0.1) is 0 Å². The number of carbonyl (C=O) groups excluding carboxylic acids is 3. The molecule has 3 aromatic rings. The zero-order valence-corrected chi connectivity index (χ0v) is 15.9. The van der Waals surface area contributed by atoms with Crippen molar-refractivity contribution in [3.8, 4) is 0 Å². The van der Waals surface area contributed by atoms with E-state index in [-0.39, 0.29) is 17.4 Å². The van der Waals surface area contributed by atoms with E-state index in [1.807, 2.05) is 0 Å². The Hall–Kier alpha value is -4.07. The molecule has 0 aliphatic rings. The Morgan fingerprint density at radius 1 is 0.793 bits per heavy atom. The number of carbonyl (C=O) groups is 3. The molecule has 0 saturated carbocycles. The maximum atomic E-state index is 12.4. The van der Waals surface area contributed by atoms with Crippen molar-refractivity contribution in [3.63, 3.8) is 0 Å². The van der Waals surface area contributed by atoms with Gasteiger partial charge in [-0.1, -0.05) is 18.2 Å². The number of anilines is 4. The Labute approximate surface area is 167 Å². The second-order valence-electron chi connectivity index (χ2n) is 6.26. The van der Waals surface area contributed by atoms with Crippen molar-refractivity contribution in [2.75, 3.05) is 16.0 Å². The summed E-state index contributed by atoms with van der Waals surface area (Å²) in [6.07, 6.45) is 2.78. The number of rotatable bonds is 6. The minimum absolute atomic E-state index is 0.0330. The van der Waals surface area contributed by atoms with Gasteiger partial charge in [-0.05, 0) is 37.3 Å². The molecule has 0 radical (unpaired) electrons. The fourth-order valence-corrected chi connectivity index (χ4v) is 2.55. The molecule has 29 heavy (non-hydrogen) atoms. The Bertz CT molecular complexity index is 1060. The molecule has 3 rings (SSSR count). The summed E-state index contributed by atoms with van der Waals surface area (Å²) in [5, 5.41) is 8.41. The van der Waals surface area contributed by atoms with Crippen LogP contribution in [0.2, 0.25) is 0 Å². The summed E-state index contributed by atoms with van der Waals surface area (Å²) in [4.78, 5) is 43.3. The third kappa shape index (κ3) is 5.46. The Balaban J connectivity index is 1.67. The molecule has 0 atom stereocenters. The van der Waals surface area contributed by atoms with E-state index >= 15 is 0 Å². The number of nitrogens with one attached hydrogen (secondary N) is 3. The van der Waals surface area contributed by atoms with Crippen LogP contribution in [0.5, 0.6) is 0 Å². The highest BCUT2D eigenvalue weighted by Gasteiger charge is 2.10. The maximum absolute atomic E-state index is 12.4. The van der Waals surface area contributed by atoms with Crippen molar-refractivity contribution in [3.05, 3.63) is 72.2 Å². The largest absolute Gasteiger partial charge is 0.339 e. The normalized spacial score (nSPS) is 10.1. The maximum Gasteiger partial charge on any atom is 0.275 e. The van der Waals surface area contributed by atoms with Gasteiger partial charge in [-0.2, -0.15) is 0 Å². The number of hydrogen-bond donors (Lipinski definition) is 3. The first-order valence-corrected chi connectivity index (χ1v) is 8.80. The lowest BCUT2D eigenvalue weighted by Crippen LogP contribution is -2.14. The zero-order valence-electron chi connectivity index (χ0n) is 15.9. The van der Waals surface area contributed by atoms with Crippen molar-refractivity contribution in [1.82, 2.24) is 9.97 Å². The summed E-state index contributed by atoms with van der Waals surface area (Å²) < 4.78 is 0. The Morgan fingerprint density at radius 3 is 2.14 bits per heavy atom. The highest BCUT2D eigenvalue weighted by Crippen LogP contribution is 2.17. The van der Waals surface area contributed by atoms with E-state index in [9.17, 15) is 14.4 Å². The van der Waals surface area contributed by atoms with Gasteiger partial charge in [0.2, 0.25) is 5.91 Å². The quantitative estimate of drug-likeness (QED) is 0.555. The molecule has 1 aromatic heterocycles. The van der Waals surface area contributed by atoms with Crippen LogP contribution >= 0.6 is 0 Å². The lowest BCUT2D eigenvalue weighted by molar-refractivity contribution is -0.114. The van der Waals surface area contributed by atoms with Crippen LogP contribution in [0.15, 0.2) is 60.9 Å². The Kier molecular flexibility index (Phi) is 5.94. The van der Waals surface area contributed by atoms with Crippen LogP contribution in [0.4, 0.5) is 22.9 Å². The summed E-state index contributed by atoms with van der Waals surface area (Å²) in [6, 6.07) is 13.8. The molecule has 8 nitrogen and oxygen atoms in total. The van der Waals surface area contributed by atoms with Gasteiger partial charge in [-0.3, -0.25) is 14.4 Å². The minimum atomic E-state index is -0.428. The van der Waals surface area contributed by atoms with Gasteiger partial charge in [0.15, 0.2) is 5.78 Å². The predicted molar refractivity (Wildman–Crippen MR) is 110 cm³/mol. The summed E-state index contributed by atoms with van der Waals surface area (Å²) in [6.45, 7) is 2.91. The molecule has 2 aromatic carbocycles. The smallest absolute Gasteiger partial charge is 0.275 e. The molecule has 0 bridgehead atoms. The van der Waals surface area contributed by atoms with Gasteiger partial charge in [0.1, 0.15) is 11.5 Å². The number of hydrogen-bond acceptors (Lipinski definition) is 6. The number of Topliss-reactive ketones (excluding diaryl/α,β-unsaturated/α-hetero) is 1. The van der Waals surface area contributed by atoms with E-state index in [2.05, 4.69) is 25.9 Å². The zero-order chi connectivity index (χ0) is 20.8. The molecule has 0 spiro atoms. The minimum Gasteiger partial charge on any atom is -0.339 e. The van der Waals surface area contributed by atoms with Gasteiger partial charge >= 0.3 is 0 Å². The summed E-state index contributed by atoms with van der Waals surface area (Å²) >= 11 is 0. The van der Waals surface area contributed by atoms with Crippen LogP contribution in [-0.2, 0) is 4.79 Å². The number of aromatic nitrogens is 2. The van der Waals surface area contributed by atoms with Crippen molar-refractivity contribution < 1.29 is 14.4 Å². The third-order valence-corrected chi connectivity index (χ3v) is 3.87. The van der Waals surface area contributed by atoms with E-state index < -0.39 is 5.91 Å². The van der Waals surface area contributed by atoms with Crippen LogP contribution < -0.4 is 16.0 Å². The molecular weight excluding hydrogens is 370 g/mol. The standard InChI is InChI=1S/C21H19N5O3/c1-13(27)15-5-3-6-16(9-15)25-20-12-22-19(11-23-20)21(29)26-18-8-4-7-17(10-18)24-14(2)28/h3-12H,1-2H3,(H,23,25)(H,24,28)(H,26,29). The van der Waals surface area contributed by atoms with Crippen molar-refractivity contribution in [1.29, 1.82) is 0 Å². The molecule has 2 amide bonds. The number of amides is 2. The first-order valence-electron chi connectivity index (χ1n) is 8.80. The number of nitrogens with zero attached hydrogens (tertiary/aromatic N) is 2. The summed E-state index contributed by atoms with van der Waals surface area (Å²) in [5.41, 5.74) is 2.51. The summed E-state index contributed by atoms with van der Waals surface area (Å²) in [7, 11) is 0. The second kappa shape index (κ2) is 8.75. The van der Waals surface area contributed by atoms with E-state index in [0.29, 0.717) is 28.4 Å². The van der Waals surface area contributed by atoms with Gasteiger partial charge in [-0.25, -0.2) is 9.97 Å². The molecule has 1 heterocycles. The molecule has 0 aliphatic carbocycles. The second-order valence-corrected chi connectivity index (χ2v) is 6.26. The van der Waals surface area contributed by atoms with E-state index in [0.717, 1.165) is 0 Å². The fourth-order valence-electron chi connectivity index (χ4n) is 2.55. The molecule has 0 unspecified atom stereocenters. The SMILES string of the molecule is CC(=O)Nc1cccc(NC(=O)c2cnc(Nc3cccc(C(C)=O)c3)cn2)c1. The van der Waals surface area contributed by atoms with Gasteiger partial charge < -0.3 is 16.0 Å². The first kappa shape index (κ1) is 19.7. The van der Waals surface area contributed by atoms with Crippen LogP contribution in [0.25, 0.3) is 0 Å². The molecule has 8 heteroatoms. The van der Waals surface area contributed by atoms with Crippen LogP contribution in [-0.4, -0.2) is 27.6 Å². The van der Waals surface area contributed by atoms with Gasteiger partial charge in [0, 0.05) is 29.5 Å².